The smallest absolute Gasteiger partial charge is 0.148 e. The van der Waals surface area contributed by atoms with Gasteiger partial charge in [-0.3, -0.25) is 0 Å². The molecule has 14 heavy (non-hydrogen) atoms. The van der Waals surface area contributed by atoms with Crippen molar-refractivity contribution in [1.82, 2.24) is 10.2 Å². The molecule has 3 N–H and O–H groups in total. The molecule has 1 aliphatic rings. The summed E-state index contributed by atoms with van der Waals surface area (Å²) in [6.45, 7) is 0. The maximum atomic E-state index is 5.83. The summed E-state index contributed by atoms with van der Waals surface area (Å²) in [6.07, 6.45) is 6.17. The highest BCUT2D eigenvalue weighted by atomic mass is 15.2. The highest BCUT2D eigenvalue weighted by Crippen LogP contribution is 2.19. The molecule has 1 aromatic heterocycles. The van der Waals surface area contributed by atoms with Crippen LogP contribution < -0.4 is 11.1 Å². The molecule has 0 aromatic carbocycles. The van der Waals surface area contributed by atoms with E-state index in [0.29, 0.717) is 12.1 Å². The van der Waals surface area contributed by atoms with Gasteiger partial charge in [0.25, 0.3) is 0 Å². The molecule has 1 aliphatic carbocycles. The Balaban J connectivity index is 1.87. The van der Waals surface area contributed by atoms with Gasteiger partial charge in [0.2, 0.25) is 0 Å². The molecule has 4 nitrogen and oxygen atoms in total. The van der Waals surface area contributed by atoms with Crippen LogP contribution in [0.25, 0.3) is 0 Å². The molecule has 0 spiro atoms. The maximum absolute atomic E-state index is 5.83. The minimum Gasteiger partial charge on any atom is -0.366 e. The molecule has 2 rings (SSSR count). The Bertz CT molecular complexity index is 267. The van der Waals surface area contributed by atoms with Gasteiger partial charge in [-0.05, 0) is 37.8 Å². The maximum Gasteiger partial charge on any atom is 0.148 e. The molecule has 1 heterocycles. The van der Waals surface area contributed by atoms with Crippen LogP contribution in [0.5, 0.6) is 0 Å². The van der Waals surface area contributed by atoms with Gasteiger partial charge in [-0.1, -0.05) is 0 Å². The zero-order chi connectivity index (χ0) is 9.80. The van der Waals surface area contributed by atoms with Crippen molar-refractivity contribution in [2.24, 2.45) is 5.73 Å². The van der Waals surface area contributed by atoms with Gasteiger partial charge < -0.3 is 11.1 Å². The zero-order valence-electron chi connectivity index (χ0n) is 8.19. The fourth-order valence-electron chi connectivity index (χ4n) is 1.85. The average Bonchev–Trinajstić information content (AvgIpc) is 2.23. The number of aromatic nitrogens is 2. The van der Waals surface area contributed by atoms with Gasteiger partial charge in [-0.15, -0.1) is 5.10 Å². The van der Waals surface area contributed by atoms with E-state index in [0.717, 1.165) is 31.5 Å². The molecule has 0 bridgehead atoms. The molecule has 0 saturated heterocycles. The van der Waals surface area contributed by atoms with E-state index in [4.69, 9.17) is 5.73 Å². The van der Waals surface area contributed by atoms with Crippen LogP contribution in [0.3, 0.4) is 0 Å². The standard InChI is InChI=1S/C10H16N4/c11-8-3-5-9(6-4-8)13-10-2-1-7-12-14-10/h1-2,7-9H,3-6,11H2,(H,13,14)/t8-,9-. The normalized spacial score (nSPS) is 27.2. The summed E-state index contributed by atoms with van der Waals surface area (Å²) in [6, 6.07) is 4.76. The van der Waals surface area contributed by atoms with E-state index in [1.165, 1.54) is 0 Å². The Kier molecular flexibility index (Phi) is 2.93. The largest absolute Gasteiger partial charge is 0.366 e. The van der Waals surface area contributed by atoms with Crippen LogP contribution in [0, 0.1) is 0 Å². The fourth-order valence-corrected chi connectivity index (χ4v) is 1.85. The predicted molar refractivity (Wildman–Crippen MR) is 55.9 cm³/mol. The van der Waals surface area contributed by atoms with Crippen LogP contribution in [0.15, 0.2) is 18.3 Å². The summed E-state index contributed by atoms with van der Waals surface area (Å²) in [5.74, 6) is 0.868. The molecule has 0 radical (unpaired) electrons. The van der Waals surface area contributed by atoms with Crippen molar-refractivity contribution in [2.45, 2.75) is 37.8 Å². The van der Waals surface area contributed by atoms with Gasteiger partial charge in [-0.25, -0.2) is 0 Å². The highest BCUT2D eigenvalue weighted by molar-refractivity contribution is 5.32. The van der Waals surface area contributed by atoms with Gasteiger partial charge in [0, 0.05) is 18.3 Å². The molecule has 1 aromatic rings. The second-order valence-electron chi connectivity index (χ2n) is 3.86. The van der Waals surface area contributed by atoms with Crippen LogP contribution in [0.1, 0.15) is 25.7 Å². The van der Waals surface area contributed by atoms with E-state index in [1.807, 2.05) is 12.1 Å². The molecule has 0 aliphatic heterocycles. The average molecular weight is 192 g/mol. The third-order valence-corrected chi connectivity index (χ3v) is 2.70. The van der Waals surface area contributed by atoms with E-state index in [9.17, 15) is 0 Å². The van der Waals surface area contributed by atoms with Gasteiger partial charge >= 0.3 is 0 Å². The van der Waals surface area contributed by atoms with E-state index in [1.54, 1.807) is 6.20 Å². The first kappa shape index (κ1) is 9.40. The molecular weight excluding hydrogens is 176 g/mol. The van der Waals surface area contributed by atoms with Crippen molar-refractivity contribution in [3.8, 4) is 0 Å². The van der Waals surface area contributed by atoms with Crippen molar-refractivity contribution in [1.29, 1.82) is 0 Å². The number of rotatable bonds is 2. The monoisotopic (exact) mass is 192 g/mol. The lowest BCUT2D eigenvalue weighted by atomic mass is 9.92. The molecule has 76 valence electrons. The summed E-state index contributed by atoms with van der Waals surface area (Å²) in [7, 11) is 0. The second kappa shape index (κ2) is 4.37. The minimum atomic E-state index is 0.398. The van der Waals surface area contributed by atoms with Crippen LogP contribution in [-0.4, -0.2) is 22.3 Å². The quantitative estimate of drug-likeness (QED) is 0.738. The number of nitrogens with one attached hydrogen (secondary N) is 1. The van der Waals surface area contributed by atoms with Gasteiger partial charge in [0.15, 0.2) is 0 Å². The summed E-state index contributed by atoms with van der Waals surface area (Å²) in [5.41, 5.74) is 5.83. The summed E-state index contributed by atoms with van der Waals surface area (Å²) in [4.78, 5) is 0. The lowest BCUT2D eigenvalue weighted by Crippen LogP contribution is -2.33. The van der Waals surface area contributed by atoms with Crippen LogP contribution in [0.4, 0.5) is 5.82 Å². The third kappa shape index (κ3) is 2.42. The van der Waals surface area contributed by atoms with Gasteiger partial charge in [0.05, 0.1) is 0 Å². The Morgan fingerprint density at radius 2 is 2.07 bits per heavy atom. The second-order valence-corrected chi connectivity index (χ2v) is 3.86. The van der Waals surface area contributed by atoms with Crippen molar-refractivity contribution < 1.29 is 0 Å². The number of nitrogens with two attached hydrogens (primary N) is 1. The third-order valence-electron chi connectivity index (χ3n) is 2.70. The van der Waals surface area contributed by atoms with Crippen LogP contribution >= 0.6 is 0 Å². The summed E-state index contributed by atoms with van der Waals surface area (Å²) in [5, 5.41) is 11.2. The van der Waals surface area contributed by atoms with E-state index in [2.05, 4.69) is 15.5 Å². The molecule has 0 unspecified atom stereocenters. The Hall–Kier alpha value is -1.16. The summed E-state index contributed by atoms with van der Waals surface area (Å²) >= 11 is 0. The Morgan fingerprint density at radius 3 is 2.71 bits per heavy atom. The van der Waals surface area contributed by atoms with E-state index < -0.39 is 0 Å². The van der Waals surface area contributed by atoms with Crippen molar-refractivity contribution in [3.05, 3.63) is 18.3 Å². The number of nitrogens with zero attached hydrogens (tertiary/aromatic N) is 2. The number of hydrogen-bond donors (Lipinski definition) is 2. The number of hydrogen-bond acceptors (Lipinski definition) is 4. The SMILES string of the molecule is N[C@H]1CC[C@H](Nc2cccnn2)CC1. The number of anilines is 1. The van der Waals surface area contributed by atoms with Crippen molar-refractivity contribution in [2.75, 3.05) is 5.32 Å². The topological polar surface area (TPSA) is 63.8 Å². The van der Waals surface area contributed by atoms with E-state index in [-0.39, 0.29) is 0 Å². The fraction of sp³-hybridized carbons (Fsp3) is 0.600. The first-order chi connectivity index (χ1) is 6.84. The first-order valence-electron chi connectivity index (χ1n) is 5.14. The van der Waals surface area contributed by atoms with Gasteiger partial charge in [0.1, 0.15) is 5.82 Å². The molecule has 0 amide bonds. The molecular formula is C10H16N4. The van der Waals surface area contributed by atoms with Crippen LogP contribution in [-0.2, 0) is 0 Å². The Morgan fingerprint density at radius 1 is 1.29 bits per heavy atom. The molecule has 4 heteroatoms. The van der Waals surface area contributed by atoms with Gasteiger partial charge in [-0.2, -0.15) is 5.10 Å². The lowest BCUT2D eigenvalue weighted by molar-refractivity contribution is 0.410. The van der Waals surface area contributed by atoms with Crippen LogP contribution in [0.2, 0.25) is 0 Å². The molecule has 1 saturated carbocycles. The first-order valence-corrected chi connectivity index (χ1v) is 5.14. The highest BCUT2D eigenvalue weighted by Gasteiger charge is 2.18. The van der Waals surface area contributed by atoms with Crippen molar-refractivity contribution in [3.63, 3.8) is 0 Å². The minimum absolute atomic E-state index is 0.398. The molecule has 0 atom stereocenters. The molecule has 1 fully saturated rings. The Labute approximate surface area is 83.9 Å². The lowest BCUT2D eigenvalue weighted by Gasteiger charge is -2.26. The van der Waals surface area contributed by atoms with Crippen molar-refractivity contribution >= 4 is 5.82 Å². The predicted octanol–water partition coefficient (Wildman–Crippen LogP) is 1.16. The van der Waals surface area contributed by atoms with E-state index >= 15 is 0 Å². The summed E-state index contributed by atoms with van der Waals surface area (Å²) < 4.78 is 0. The zero-order valence-corrected chi connectivity index (χ0v) is 8.19.